The zero-order valence-electron chi connectivity index (χ0n) is 18.6. The monoisotopic (exact) mass is 464 g/mol. The Morgan fingerprint density at radius 1 is 1.06 bits per heavy atom. The van der Waals surface area contributed by atoms with Gasteiger partial charge >= 0.3 is 0 Å². The highest BCUT2D eigenvalue weighted by Crippen LogP contribution is 2.30. The first-order chi connectivity index (χ1) is 16.1. The van der Waals surface area contributed by atoms with E-state index in [2.05, 4.69) is 15.4 Å². The average molecular weight is 465 g/mol. The van der Waals surface area contributed by atoms with Gasteiger partial charge in [-0.25, -0.2) is 9.50 Å². The summed E-state index contributed by atoms with van der Waals surface area (Å²) in [4.78, 5) is 17.1. The van der Waals surface area contributed by atoms with Gasteiger partial charge in [-0.3, -0.25) is 4.79 Å². The van der Waals surface area contributed by atoms with E-state index in [0.29, 0.717) is 23.8 Å². The Bertz CT molecular complexity index is 1260. The number of ether oxygens (including phenoxy) is 3. The first kappa shape index (κ1) is 22.5. The molecule has 170 valence electrons. The number of hydrogen-bond acceptors (Lipinski definition) is 7. The normalized spacial score (nSPS) is 10.8. The van der Waals surface area contributed by atoms with Gasteiger partial charge in [0, 0.05) is 24.0 Å². The molecule has 4 rings (SSSR count). The lowest BCUT2D eigenvalue weighted by molar-refractivity contribution is -0.113. The van der Waals surface area contributed by atoms with E-state index >= 15 is 0 Å². The molecule has 0 radical (unpaired) electrons. The molecule has 0 unspecified atom stereocenters. The zero-order chi connectivity index (χ0) is 23.2. The number of carbonyl (C=O) groups is 1. The van der Waals surface area contributed by atoms with E-state index in [1.54, 1.807) is 49.3 Å². The highest BCUT2D eigenvalue weighted by molar-refractivity contribution is 8.00. The molecule has 8 nitrogen and oxygen atoms in total. The van der Waals surface area contributed by atoms with Crippen molar-refractivity contribution in [3.8, 4) is 28.5 Å². The fraction of sp³-hybridized carbons (Fsp3) is 0.208. The number of rotatable bonds is 9. The SMILES string of the molecule is CCOc1ccc(-c2cc3c(SCC(=O)Nc4cc(OC)ccc4OC)nccn3n2)cc1. The Morgan fingerprint density at radius 2 is 1.85 bits per heavy atom. The van der Waals surface area contributed by atoms with Gasteiger partial charge in [0.15, 0.2) is 0 Å². The summed E-state index contributed by atoms with van der Waals surface area (Å²) in [5.41, 5.74) is 3.17. The average Bonchev–Trinajstić information content (AvgIpc) is 3.28. The lowest BCUT2D eigenvalue weighted by Crippen LogP contribution is -2.15. The highest BCUT2D eigenvalue weighted by Gasteiger charge is 2.13. The molecule has 2 aromatic heterocycles. The Balaban J connectivity index is 1.48. The van der Waals surface area contributed by atoms with Crippen molar-refractivity contribution in [1.29, 1.82) is 0 Å². The number of methoxy groups -OCH3 is 2. The molecule has 4 aromatic rings. The third-order valence-electron chi connectivity index (χ3n) is 4.84. The molecule has 9 heteroatoms. The molecule has 0 fully saturated rings. The number of hydrogen-bond donors (Lipinski definition) is 1. The van der Waals surface area contributed by atoms with Crippen molar-refractivity contribution in [3.05, 3.63) is 60.9 Å². The Hall–Kier alpha value is -3.72. The number of carbonyl (C=O) groups excluding carboxylic acids is 1. The van der Waals surface area contributed by atoms with Gasteiger partial charge in [0.05, 0.1) is 43.5 Å². The van der Waals surface area contributed by atoms with Crippen LogP contribution in [0.4, 0.5) is 5.69 Å². The van der Waals surface area contributed by atoms with Crippen LogP contribution in [0, 0.1) is 0 Å². The predicted octanol–water partition coefficient (Wildman–Crippen LogP) is 4.54. The minimum atomic E-state index is -0.179. The molecule has 0 spiro atoms. The Morgan fingerprint density at radius 3 is 2.58 bits per heavy atom. The smallest absolute Gasteiger partial charge is 0.234 e. The molecule has 0 saturated carbocycles. The molecule has 2 aromatic carbocycles. The highest BCUT2D eigenvalue weighted by atomic mass is 32.2. The maximum atomic E-state index is 12.6. The van der Waals surface area contributed by atoms with Crippen molar-refractivity contribution in [3.63, 3.8) is 0 Å². The minimum absolute atomic E-state index is 0.177. The summed E-state index contributed by atoms with van der Waals surface area (Å²) in [5.74, 6) is 2.01. The van der Waals surface area contributed by atoms with E-state index in [0.717, 1.165) is 27.5 Å². The van der Waals surface area contributed by atoms with Crippen LogP contribution in [0.25, 0.3) is 16.8 Å². The van der Waals surface area contributed by atoms with Crippen molar-refractivity contribution in [2.24, 2.45) is 0 Å². The summed E-state index contributed by atoms with van der Waals surface area (Å²) in [6, 6.07) is 15.0. The number of nitrogens with zero attached hydrogens (tertiary/aromatic N) is 3. The molecule has 0 saturated heterocycles. The molecule has 0 bridgehead atoms. The molecule has 1 N–H and O–H groups in total. The first-order valence-electron chi connectivity index (χ1n) is 10.3. The quantitative estimate of drug-likeness (QED) is 0.364. The molecule has 1 amide bonds. The summed E-state index contributed by atoms with van der Waals surface area (Å²) in [6.07, 6.45) is 3.46. The first-order valence-corrected chi connectivity index (χ1v) is 11.3. The topological polar surface area (TPSA) is 87.0 Å². The van der Waals surface area contributed by atoms with Crippen LogP contribution in [0.5, 0.6) is 17.2 Å². The molecule has 0 aliphatic heterocycles. The van der Waals surface area contributed by atoms with E-state index < -0.39 is 0 Å². The van der Waals surface area contributed by atoms with Gasteiger partial charge in [-0.05, 0) is 49.4 Å². The summed E-state index contributed by atoms with van der Waals surface area (Å²) in [5, 5.41) is 8.24. The fourth-order valence-electron chi connectivity index (χ4n) is 3.27. The fourth-order valence-corrected chi connectivity index (χ4v) is 4.05. The zero-order valence-corrected chi connectivity index (χ0v) is 19.4. The third-order valence-corrected chi connectivity index (χ3v) is 5.83. The van der Waals surface area contributed by atoms with E-state index in [1.165, 1.54) is 11.8 Å². The van der Waals surface area contributed by atoms with Gasteiger partial charge in [-0.1, -0.05) is 11.8 Å². The van der Waals surface area contributed by atoms with Crippen LogP contribution in [0.15, 0.2) is 66.0 Å². The van der Waals surface area contributed by atoms with Gasteiger partial charge < -0.3 is 19.5 Å². The van der Waals surface area contributed by atoms with E-state index in [-0.39, 0.29) is 11.7 Å². The number of benzene rings is 2. The number of aromatic nitrogens is 3. The molecular formula is C24H24N4O4S. The van der Waals surface area contributed by atoms with E-state index in [9.17, 15) is 4.79 Å². The predicted molar refractivity (Wildman–Crippen MR) is 128 cm³/mol. The van der Waals surface area contributed by atoms with Crippen LogP contribution in [0.1, 0.15) is 6.92 Å². The number of amides is 1. The summed E-state index contributed by atoms with van der Waals surface area (Å²) >= 11 is 1.34. The molecule has 0 atom stereocenters. The van der Waals surface area contributed by atoms with Gasteiger partial charge in [0.25, 0.3) is 0 Å². The van der Waals surface area contributed by atoms with Gasteiger partial charge in [0.1, 0.15) is 22.3 Å². The Kier molecular flexibility index (Phi) is 6.99. The van der Waals surface area contributed by atoms with Crippen LogP contribution in [-0.2, 0) is 4.79 Å². The number of fused-ring (bicyclic) bond motifs is 1. The largest absolute Gasteiger partial charge is 0.497 e. The lowest BCUT2D eigenvalue weighted by Gasteiger charge is -2.11. The van der Waals surface area contributed by atoms with Gasteiger partial charge in [-0.15, -0.1) is 0 Å². The van der Waals surface area contributed by atoms with E-state index in [4.69, 9.17) is 14.2 Å². The van der Waals surface area contributed by atoms with Gasteiger partial charge in [0.2, 0.25) is 5.91 Å². The second kappa shape index (κ2) is 10.3. The van der Waals surface area contributed by atoms with Gasteiger partial charge in [-0.2, -0.15) is 5.10 Å². The van der Waals surface area contributed by atoms with Crippen LogP contribution in [-0.4, -0.2) is 47.1 Å². The number of nitrogens with one attached hydrogen (secondary N) is 1. The Labute approximate surface area is 195 Å². The van der Waals surface area contributed by atoms with Crippen LogP contribution >= 0.6 is 11.8 Å². The number of anilines is 1. The van der Waals surface area contributed by atoms with Crippen LogP contribution in [0.2, 0.25) is 0 Å². The van der Waals surface area contributed by atoms with Crippen LogP contribution in [0.3, 0.4) is 0 Å². The van der Waals surface area contributed by atoms with Crippen molar-refractivity contribution in [2.75, 3.05) is 31.9 Å². The maximum absolute atomic E-state index is 12.6. The standard InChI is InChI=1S/C24H24N4O4S/c1-4-32-17-7-5-16(6-8-17)19-14-21-24(25-11-12-28(21)27-19)33-15-23(29)26-20-13-18(30-2)9-10-22(20)31-3/h5-14H,4,15H2,1-3H3,(H,26,29). The minimum Gasteiger partial charge on any atom is -0.497 e. The summed E-state index contributed by atoms with van der Waals surface area (Å²) in [7, 11) is 3.13. The molecule has 0 aliphatic carbocycles. The summed E-state index contributed by atoms with van der Waals surface area (Å²) < 4.78 is 17.8. The van der Waals surface area contributed by atoms with Crippen molar-refractivity contribution in [1.82, 2.24) is 14.6 Å². The van der Waals surface area contributed by atoms with E-state index in [1.807, 2.05) is 37.3 Å². The maximum Gasteiger partial charge on any atom is 0.234 e. The van der Waals surface area contributed by atoms with Crippen molar-refractivity contribution < 1.29 is 19.0 Å². The second-order valence-corrected chi connectivity index (χ2v) is 7.92. The van der Waals surface area contributed by atoms with Crippen molar-refractivity contribution in [2.45, 2.75) is 11.9 Å². The van der Waals surface area contributed by atoms with Crippen LogP contribution < -0.4 is 19.5 Å². The van der Waals surface area contributed by atoms with Crippen molar-refractivity contribution >= 4 is 28.9 Å². The second-order valence-electron chi connectivity index (χ2n) is 6.95. The molecule has 33 heavy (non-hydrogen) atoms. The molecule has 2 heterocycles. The summed E-state index contributed by atoms with van der Waals surface area (Å²) in [6.45, 7) is 2.58. The lowest BCUT2D eigenvalue weighted by atomic mass is 10.1. The third kappa shape index (κ3) is 5.20. The molecular weight excluding hydrogens is 440 g/mol. The molecule has 0 aliphatic rings. The number of thioether (sulfide) groups is 1.